The first-order valence-corrected chi connectivity index (χ1v) is 16.1. The molecule has 0 N–H and O–H groups in total. The monoisotopic (exact) mass is 570 g/mol. The van der Waals surface area contributed by atoms with Crippen molar-refractivity contribution < 1.29 is 48.0 Å². The zero-order valence-corrected chi connectivity index (χ0v) is 27.3. The smallest absolute Gasteiger partial charge is 1.00 e. The molecular weight excluding hydrogens is 522 g/mol. The van der Waals surface area contributed by atoms with Gasteiger partial charge in [-0.1, -0.05) is 0 Å². The van der Waals surface area contributed by atoms with Gasteiger partial charge in [-0.05, 0) is 0 Å². The van der Waals surface area contributed by atoms with Crippen LogP contribution in [0, 0.1) is 10.8 Å². The van der Waals surface area contributed by atoms with Crippen LogP contribution >= 0.6 is 0 Å². The second-order valence-corrected chi connectivity index (χ2v) is 12.5. The number of rotatable bonds is 12. The van der Waals surface area contributed by atoms with E-state index in [1.165, 1.54) is 64.2 Å². The van der Waals surface area contributed by atoms with E-state index in [4.69, 9.17) is 0 Å². The Hall–Kier alpha value is 0.423. The van der Waals surface area contributed by atoms with E-state index in [0.717, 1.165) is 0 Å². The Bertz CT molecular complexity index is 720. The largest absolute Gasteiger partial charge is 1.00 e. The van der Waals surface area contributed by atoms with Crippen LogP contribution in [0.4, 0.5) is 0 Å². The van der Waals surface area contributed by atoms with E-state index >= 15 is 0 Å². The molecule has 0 bridgehead atoms. The molecule has 0 heterocycles. The van der Waals surface area contributed by atoms with E-state index in [2.05, 4.69) is 69.2 Å². The van der Waals surface area contributed by atoms with Crippen molar-refractivity contribution in [2.24, 2.45) is 10.8 Å². The Morgan fingerprint density at radius 2 is 0.697 bits per heavy atom. The van der Waals surface area contributed by atoms with Crippen LogP contribution in [0.1, 0.15) is 133 Å². The maximum absolute atomic E-state index is 2.48. The molecule has 0 saturated heterocycles. The van der Waals surface area contributed by atoms with Crippen molar-refractivity contribution in [1.29, 1.82) is 0 Å². The van der Waals surface area contributed by atoms with Gasteiger partial charge in [-0.2, -0.15) is 0 Å². The molecule has 3 heteroatoms. The Morgan fingerprint density at radius 1 is 0.424 bits per heavy atom. The molecule has 0 fully saturated rings. The van der Waals surface area contributed by atoms with Gasteiger partial charge in [0.05, 0.1) is 0 Å². The summed E-state index contributed by atoms with van der Waals surface area (Å²) in [6.07, 6.45) is 12.6. The van der Waals surface area contributed by atoms with Crippen LogP contribution in [0.25, 0.3) is 0 Å². The fourth-order valence-electron chi connectivity index (χ4n) is 7.44. The third kappa shape index (κ3) is 5.14. The van der Waals surface area contributed by atoms with E-state index in [1.54, 1.807) is 11.1 Å². The third-order valence-corrected chi connectivity index (χ3v) is 14.0. The van der Waals surface area contributed by atoms with Gasteiger partial charge in [0.2, 0.25) is 0 Å². The molecule has 0 aliphatic heterocycles. The first kappa shape index (κ1) is 33.4. The molecule has 188 valence electrons. The minimum Gasteiger partial charge on any atom is -1.00 e. The predicted octanol–water partition coefficient (Wildman–Crippen LogP) is 4.28. The number of hydrogen-bond acceptors (Lipinski definition) is 0. The summed E-state index contributed by atoms with van der Waals surface area (Å²) < 4.78 is 3.97. The molecule has 0 spiro atoms. The van der Waals surface area contributed by atoms with E-state index < -0.39 is 23.2 Å². The Labute approximate surface area is 231 Å². The van der Waals surface area contributed by atoms with Crippen molar-refractivity contribution >= 4 is 0 Å². The summed E-state index contributed by atoms with van der Waals surface area (Å²) in [5.74, 6) is 0. The molecule has 2 aliphatic rings. The standard InChI is InChI=1S/2C15H25.2ClH.Zr/c2*1-6-12-11-15(9-4,10-5)14(8-3)13(12)7-2;;;/h2*6-10H2,1-5H3;2*1H;/q;;;;+2/p-2. The zero-order chi connectivity index (χ0) is 23.4. The third-order valence-electron chi connectivity index (χ3n) is 8.96. The molecular formula is C30H50Cl2Zr. The molecule has 0 aromatic carbocycles. The summed E-state index contributed by atoms with van der Waals surface area (Å²) in [7, 11) is 0. The van der Waals surface area contributed by atoms with Crippen LogP contribution in [0.5, 0.6) is 0 Å². The summed E-state index contributed by atoms with van der Waals surface area (Å²) in [5, 5.41) is 0. The van der Waals surface area contributed by atoms with Crippen molar-refractivity contribution in [3.8, 4) is 0 Å². The summed E-state index contributed by atoms with van der Waals surface area (Å²) in [6, 6.07) is 0. The Morgan fingerprint density at radius 3 is 0.879 bits per heavy atom. The molecule has 0 atom stereocenters. The number of hydrogen-bond donors (Lipinski definition) is 0. The molecule has 0 radical (unpaired) electrons. The van der Waals surface area contributed by atoms with Crippen LogP contribution in [0.15, 0.2) is 40.0 Å². The Kier molecular flexibility index (Phi) is 14.4. The van der Waals surface area contributed by atoms with Crippen molar-refractivity contribution in [2.75, 3.05) is 0 Å². The SMILES string of the molecule is CCC1=C(CC)C(CC)(CC)[C]([Zr+2][C]2=C(CC)C(CC)=C(CC)C2(CC)CC)=C1CC.[Cl-].[Cl-]. The topological polar surface area (TPSA) is 0 Å². The maximum atomic E-state index is 2.48. The van der Waals surface area contributed by atoms with Crippen molar-refractivity contribution in [3.05, 3.63) is 40.0 Å². The fraction of sp³-hybridized carbons (Fsp3) is 0.733. The zero-order valence-electron chi connectivity index (χ0n) is 23.3. The second kappa shape index (κ2) is 14.2. The molecule has 0 aromatic heterocycles. The van der Waals surface area contributed by atoms with Gasteiger partial charge in [-0.15, -0.1) is 0 Å². The van der Waals surface area contributed by atoms with Gasteiger partial charge in [-0.3, -0.25) is 0 Å². The quantitative estimate of drug-likeness (QED) is 0.328. The molecule has 0 saturated carbocycles. The molecule has 0 aromatic rings. The Balaban J connectivity index is 0.00000512. The number of halogens is 2. The predicted molar refractivity (Wildman–Crippen MR) is 136 cm³/mol. The normalized spacial score (nSPS) is 19.2. The molecule has 0 unspecified atom stereocenters. The van der Waals surface area contributed by atoms with E-state index in [9.17, 15) is 0 Å². The maximum Gasteiger partial charge on any atom is -1.00 e. The van der Waals surface area contributed by atoms with Gasteiger partial charge >= 0.3 is 208 Å². The first-order chi connectivity index (χ1) is 14.9. The van der Waals surface area contributed by atoms with Crippen molar-refractivity contribution in [3.63, 3.8) is 0 Å². The van der Waals surface area contributed by atoms with Gasteiger partial charge in [0.1, 0.15) is 0 Å². The van der Waals surface area contributed by atoms with Crippen LogP contribution in [-0.4, -0.2) is 0 Å². The van der Waals surface area contributed by atoms with Gasteiger partial charge < -0.3 is 24.8 Å². The van der Waals surface area contributed by atoms with Crippen LogP contribution < -0.4 is 24.8 Å². The average molecular weight is 573 g/mol. The minimum atomic E-state index is -0.877. The van der Waals surface area contributed by atoms with Gasteiger partial charge in [0, 0.05) is 0 Å². The molecule has 2 rings (SSSR count). The van der Waals surface area contributed by atoms with E-state index in [1.807, 2.05) is 28.9 Å². The summed E-state index contributed by atoms with van der Waals surface area (Å²) in [4.78, 5) is 0. The summed E-state index contributed by atoms with van der Waals surface area (Å²) in [5.41, 5.74) is 11.5. The van der Waals surface area contributed by atoms with E-state index in [0.29, 0.717) is 10.8 Å². The van der Waals surface area contributed by atoms with E-state index in [-0.39, 0.29) is 24.8 Å². The summed E-state index contributed by atoms with van der Waals surface area (Å²) >= 11 is -0.877. The fourth-order valence-corrected chi connectivity index (χ4v) is 14.1. The molecule has 2 aliphatic carbocycles. The number of allylic oxidation sites excluding steroid dienone is 8. The average Bonchev–Trinajstić information content (AvgIpc) is 3.23. The summed E-state index contributed by atoms with van der Waals surface area (Å²) in [6.45, 7) is 24.5. The molecule has 0 nitrogen and oxygen atoms in total. The van der Waals surface area contributed by atoms with Gasteiger partial charge in [0.15, 0.2) is 0 Å². The van der Waals surface area contributed by atoms with Crippen molar-refractivity contribution in [2.45, 2.75) is 133 Å². The molecule has 33 heavy (non-hydrogen) atoms. The van der Waals surface area contributed by atoms with Gasteiger partial charge in [0.25, 0.3) is 0 Å². The van der Waals surface area contributed by atoms with Crippen LogP contribution in [-0.2, 0) is 23.2 Å². The minimum absolute atomic E-state index is 0. The van der Waals surface area contributed by atoms with Crippen LogP contribution in [0.3, 0.4) is 0 Å². The van der Waals surface area contributed by atoms with Crippen LogP contribution in [0.2, 0.25) is 0 Å². The van der Waals surface area contributed by atoms with Crippen molar-refractivity contribution in [1.82, 2.24) is 0 Å². The van der Waals surface area contributed by atoms with Gasteiger partial charge in [-0.25, -0.2) is 0 Å². The molecule has 0 amide bonds. The second-order valence-electron chi connectivity index (χ2n) is 9.45. The first-order valence-electron chi connectivity index (χ1n) is 13.6.